The number of carboxylic acids is 1. The summed E-state index contributed by atoms with van der Waals surface area (Å²) in [4.78, 5) is 24.7. The standard InChI is InChI=1S/C16H19NO4/c18-11-13-4-2-8-17(10-13)16(21)14-5-1-3-12(9-14)6-7-15(19)20/h1,3,5-7,9,13,18H,2,4,8,10-11H2,(H,19,20). The van der Waals surface area contributed by atoms with Gasteiger partial charge in [-0.15, -0.1) is 0 Å². The molecule has 1 heterocycles. The molecule has 0 aromatic heterocycles. The summed E-state index contributed by atoms with van der Waals surface area (Å²) < 4.78 is 0. The minimum atomic E-state index is -1.02. The van der Waals surface area contributed by atoms with Crippen LogP contribution in [0.15, 0.2) is 30.3 Å². The molecule has 1 amide bonds. The molecule has 1 fully saturated rings. The number of carbonyl (C=O) groups is 2. The second kappa shape index (κ2) is 7.04. The zero-order valence-electron chi connectivity index (χ0n) is 11.7. The fourth-order valence-corrected chi connectivity index (χ4v) is 2.52. The van der Waals surface area contributed by atoms with E-state index in [0.717, 1.165) is 18.9 Å². The Bertz CT molecular complexity index is 553. The maximum Gasteiger partial charge on any atom is 0.328 e. The number of rotatable bonds is 4. The van der Waals surface area contributed by atoms with Gasteiger partial charge < -0.3 is 15.1 Å². The Morgan fingerprint density at radius 3 is 2.90 bits per heavy atom. The van der Waals surface area contributed by atoms with Gasteiger partial charge in [-0.05, 0) is 42.5 Å². The first-order valence-electron chi connectivity index (χ1n) is 7.01. The summed E-state index contributed by atoms with van der Waals surface area (Å²) in [5.74, 6) is -0.940. The Balaban J connectivity index is 2.12. The summed E-state index contributed by atoms with van der Waals surface area (Å²) in [7, 11) is 0. The highest BCUT2D eigenvalue weighted by atomic mass is 16.4. The van der Waals surface area contributed by atoms with Crippen LogP contribution < -0.4 is 0 Å². The number of benzene rings is 1. The fraction of sp³-hybridized carbons (Fsp3) is 0.375. The first-order valence-corrected chi connectivity index (χ1v) is 7.01. The SMILES string of the molecule is O=C(O)C=Cc1cccc(C(=O)N2CCCC(CO)C2)c1. The third-order valence-electron chi connectivity index (χ3n) is 3.62. The lowest BCUT2D eigenvalue weighted by Gasteiger charge is -2.32. The molecule has 1 atom stereocenters. The summed E-state index contributed by atoms with van der Waals surface area (Å²) in [6, 6.07) is 6.90. The third kappa shape index (κ3) is 4.16. The van der Waals surface area contributed by atoms with Crippen molar-refractivity contribution in [3.05, 3.63) is 41.5 Å². The van der Waals surface area contributed by atoms with E-state index in [9.17, 15) is 14.7 Å². The van der Waals surface area contributed by atoms with Crippen LogP contribution in [0.4, 0.5) is 0 Å². The molecule has 21 heavy (non-hydrogen) atoms. The summed E-state index contributed by atoms with van der Waals surface area (Å²) in [6.07, 6.45) is 4.36. The molecule has 0 bridgehead atoms. The number of carboxylic acid groups (broad SMARTS) is 1. The van der Waals surface area contributed by atoms with E-state index in [1.165, 1.54) is 6.08 Å². The summed E-state index contributed by atoms with van der Waals surface area (Å²) >= 11 is 0. The topological polar surface area (TPSA) is 77.8 Å². The van der Waals surface area contributed by atoms with Gasteiger partial charge in [-0.2, -0.15) is 0 Å². The number of nitrogens with zero attached hydrogens (tertiary/aromatic N) is 1. The Morgan fingerprint density at radius 2 is 2.19 bits per heavy atom. The molecule has 0 radical (unpaired) electrons. The number of aliphatic hydroxyl groups is 1. The molecule has 0 spiro atoms. The maximum atomic E-state index is 12.5. The minimum Gasteiger partial charge on any atom is -0.478 e. The first-order chi connectivity index (χ1) is 10.1. The second-order valence-corrected chi connectivity index (χ2v) is 5.24. The number of piperidine rings is 1. The van der Waals surface area contributed by atoms with Crippen LogP contribution >= 0.6 is 0 Å². The van der Waals surface area contributed by atoms with E-state index in [-0.39, 0.29) is 18.4 Å². The second-order valence-electron chi connectivity index (χ2n) is 5.24. The van der Waals surface area contributed by atoms with E-state index in [4.69, 9.17) is 5.11 Å². The van der Waals surface area contributed by atoms with Crippen LogP contribution in [0.3, 0.4) is 0 Å². The molecule has 0 aliphatic carbocycles. The lowest BCUT2D eigenvalue weighted by Crippen LogP contribution is -2.40. The molecule has 2 rings (SSSR count). The van der Waals surface area contributed by atoms with E-state index in [1.807, 2.05) is 0 Å². The lowest BCUT2D eigenvalue weighted by atomic mass is 9.98. The van der Waals surface area contributed by atoms with Crippen molar-refractivity contribution >= 4 is 18.0 Å². The molecule has 112 valence electrons. The lowest BCUT2D eigenvalue weighted by molar-refractivity contribution is -0.131. The van der Waals surface area contributed by atoms with E-state index in [1.54, 1.807) is 29.2 Å². The van der Waals surface area contributed by atoms with Crippen molar-refractivity contribution in [3.8, 4) is 0 Å². The van der Waals surface area contributed by atoms with Crippen molar-refractivity contribution in [1.82, 2.24) is 4.90 Å². The van der Waals surface area contributed by atoms with Crippen molar-refractivity contribution in [1.29, 1.82) is 0 Å². The average molecular weight is 289 g/mol. The van der Waals surface area contributed by atoms with Gasteiger partial charge in [0, 0.05) is 31.3 Å². The van der Waals surface area contributed by atoms with Gasteiger partial charge in [-0.25, -0.2) is 4.79 Å². The summed E-state index contributed by atoms with van der Waals surface area (Å²) in [5, 5.41) is 17.9. The van der Waals surface area contributed by atoms with Crippen LogP contribution in [-0.4, -0.2) is 46.7 Å². The third-order valence-corrected chi connectivity index (χ3v) is 3.62. The van der Waals surface area contributed by atoms with Crippen molar-refractivity contribution in [2.24, 2.45) is 5.92 Å². The molecule has 2 N–H and O–H groups in total. The zero-order chi connectivity index (χ0) is 15.2. The Hall–Kier alpha value is -2.14. The molecule has 5 nitrogen and oxygen atoms in total. The number of aliphatic carboxylic acids is 1. The molecular formula is C16H19NO4. The predicted molar refractivity (Wildman–Crippen MR) is 78.8 cm³/mol. The van der Waals surface area contributed by atoms with Crippen LogP contribution in [0.25, 0.3) is 6.08 Å². The molecule has 1 saturated heterocycles. The maximum absolute atomic E-state index is 12.5. The van der Waals surface area contributed by atoms with Gasteiger partial charge in [-0.3, -0.25) is 4.79 Å². The van der Waals surface area contributed by atoms with Gasteiger partial charge >= 0.3 is 5.97 Å². The van der Waals surface area contributed by atoms with E-state index in [2.05, 4.69) is 0 Å². The molecule has 1 aromatic rings. The molecule has 1 aliphatic rings. The molecule has 1 aliphatic heterocycles. The molecule has 1 aromatic carbocycles. The van der Waals surface area contributed by atoms with E-state index >= 15 is 0 Å². The highest BCUT2D eigenvalue weighted by Gasteiger charge is 2.23. The number of amides is 1. The fourth-order valence-electron chi connectivity index (χ4n) is 2.52. The highest BCUT2D eigenvalue weighted by Crippen LogP contribution is 2.19. The van der Waals surface area contributed by atoms with Gasteiger partial charge in [0.15, 0.2) is 0 Å². The van der Waals surface area contributed by atoms with Gasteiger partial charge in [0.2, 0.25) is 0 Å². The van der Waals surface area contributed by atoms with Crippen LogP contribution in [0, 0.1) is 5.92 Å². The normalized spacial score (nSPS) is 18.9. The van der Waals surface area contributed by atoms with E-state index in [0.29, 0.717) is 24.2 Å². The van der Waals surface area contributed by atoms with Crippen molar-refractivity contribution in [3.63, 3.8) is 0 Å². The van der Waals surface area contributed by atoms with Crippen LogP contribution in [0.1, 0.15) is 28.8 Å². The molecule has 1 unspecified atom stereocenters. The average Bonchev–Trinajstić information content (AvgIpc) is 2.52. The number of carbonyl (C=O) groups excluding carboxylic acids is 1. The van der Waals surface area contributed by atoms with Gasteiger partial charge in [0.1, 0.15) is 0 Å². The summed E-state index contributed by atoms with van der Waals surface area (Å²) in [6.45, 7) is 1.38. The Labute approximate surface area is 123 Å². The highest BCUT2D eigenvalue weighted by molar-refractivity contribution is 5.95. The molecule has 0 saturated carbocycles. The number of hydrogen-bond acceptors (Lipinski definition) is 3. The van der Waals surface area contributed by atoms with Crippen molar-refractivity contribution < 1.29 is 19.8 Å². The van der Waals surface area contributed by atoms with E-state index < -0.39 is 5.97 Å². The smallest absolute Gasteiger partial charge is 0.328 e. The number of hydrogen-bond donors (Lipinski definition) is 2. The molecule has 5 heteroatoms. The van der Waals surface area contributed by atoms with Crippen molar-refractivity contribution in [2.75, 3.05) is 19.7 Å². The van der Waals surface area contributed by atoms with Gasteiger partial charge in [0.25, 0.3) is 5.91 Å². The van der Waals surface area contributed by atoms with Crippen LogP contribution in [-0.2, 0) is 4.79 Å². The monoisotopic (exact) mass is 289 g/mol. The predicted octanol–water partition coefficient (Wildman–Crippen LogP) is 1.63. The van der Waals surface area contributed by atoms with Gasteiger partial charge in [-0.1, -0.05) is 12.1 Å². The van der Waals surface area contributed by atoms with Gasteiger partial charge in [0.05, 0.1) is 0 Å². The van der Waals surface area contributed by atoms with Crippen LogP contribution in [0.2, 0.25) is 0 Å². The summed E-state index contributed by atoms with van der Waals surface area (Å²) in [5.41, 5.74) is 1.22. The van der Waals surface area contributed by atoms with Crippen molar-refractivity contribution in [2.45, 2.75) is 12.8 Å². The Morgan fingerprint density at radius 1 is 1.38 bits per heavy atom. The first kappa shape index (κ1) is 15.3. The zero-order valence-corrected chi connectivity index (χ0v) is 11.7. The number of likely N-dealkylation sites (tertiary alicyclic amines) is 1. The number of aliphatic hydroxyl groups excluding tert-OH is 1. The minimum absolute atomic E-state index is 0.0706. The quantitative estimate of drug-likeness (QED) is 0.826. The molecular weight excluding hydrogens is 270 g/mol. The largest absolute Gasteiger partial charge is 0.478 e. The van der Waals surface area contributed by atoms with Crippen LogP contribution in [0.5, 0.6) is 0 Å². The Kier molecular flexibility index (Phi) is 5.11.